The van der Waals surface area contributed by atoms with Gasteiger partial charge < -0.3 is 19.9 Å². The van der Waals surface area contributed by atoms with Crippen LogP contribution in [-0.2, 0) is 6.54 Å². The summed E-state index contributed by atoms with van der Waals surface area (Å²) >= 11 is 18.6. The molecule has 9 heteroatoms. The van der Waals surface area contributed by atoms with Crippen LogP contribution in [0.4, 0.5) is 5.95 Å². The summed E-state index contributed by atoms with van der Waals surface area (Å²) in [6, 6.07) is 7.59. The molecule has 1 aliphatic rings. The second-order valence-corrected chi connectivity index (χ2v) is 9.00. The van der Waals surface area contributed by atoms with Crippen molar-refractivity contribution in [3.8, 4) is 5.75 Å². The average molecular weight is 469 g/mol. The number of nitrogens with one attached hydrogen (secondary N) is 2. The number of benzene rings is 1. The lowest BCUT2D eigenvalue weighted by atomic mass is 10.1. The third-order valence-electron chi connectivity index (χ3n) is 5.04. The molecule has 0 aliphatic carbocycles. The van der Waals surface area contributed by atoms with E-state index in [1.165, 1.54) is 0 Å². The van der Waals surface area contributed by atoms with Crippen molar-refractivity contribution < 1.29 is 4.74 Å². The van der Waals surface area contributed by atoms with Gasteiger partial charge in [0, 0.05) is 36.3 Å². The SMILES string of the molecule is CC(C)Oc1c(Cl)cc(Cl)cc1CNC1CCCN(c2nc3nc(Cl)ccc3[nH]2)C1. The number of ether oxygens (including phenoxy) is 1. The summed E-state index contributed by atoms with van der Waals surface area (Å²) in [7, 11) is 0. The number of hydrogen-bond donors (Lipinski definition) is 2. The number of halogens is 3. The third kappa shape index (κ3) is 4.94. The Bertz CT molecular complexity index is 1040. The summed E-state index contributed by atoms with van der Waals surface area (Å²) in [5.74, 6) is 1.51. The molecule has 30 heavy (non-hydrogen) atoms. The van der Waals surface area contributed by atoms with Gasteiger partial charge in [0.15, 0.2) is 5.65 Å². The maximum atomic E-state index is 6.38. The fraction of sp³-hybridized carbons (Fsp3) is 0.429. The summed E-state index contributed by atoms with van der Waals surface area (Å²) < 4.78 is 5.93. The summed E-state index contributed by atoms with van der Waals surface area (Å²) in [4.78, 5) is 14.5. The molecule has 4 rings (SSSR count). The Morgan fingerprint density at radius 1 is 1.23 bits per heavy atom. The zero-order chi connectivity index (χ0) is 21.3. The highest BCUT2D eigenvalue weighted by Crippen LogP contribution is 2.33. The van der Waals surface area contributed by atoms with E-state index in [1.54, 1.807) is 12.1 Å². The number of aromatic nitrogens is 3. The fourth-order valence-corrected chi connectivity index (χ4v) is 4.43. The van der Waals surface area contributed by atoms with E-state index >= 15 is 0 Å². The second-order valence-electron chi connectivity index (χ2n) is 7.77. The number of rotatable bonds is 6. The molecule has 1 aliphatic heterocycles. The summed E-state index contributed by atoms with van der Waals surface area (Å²) in [5, 5.41) is 5.21. The van der Waals surface area contributed by atoms with Crippen LogP contribution in [0.15, 0.2) is 24.3 Å². The molecule has 1 atom stereocenters. The summed E-state index contributed by atoms with van der Waals surface area (Å²) in [6.45, 7) is 6.36. The van der Waals surface area contributed by atoms with Gasteiger partial charge in [-0.15, -0.1) is 0 Å². The van der Waals surface area contributed by atoms with Crippen LogP contribution in [0.3, 0.4) is 0 Å². The molecule has 160 valence electrons. The highest BCUT2D eigenvalue weighted by Gasteiger charge is 2.23. The van der Waals surface area contributed by atoms with Crippen LogP contribution in [-0.4, -0.2) is 40.2 Å². The van der Waals surface area contributed by atoms with Crippen LogP contribution in [0.25, 0.3) is 11.2 Å². The lowest BCUT2D eigenvalue weighted by molar-refractivity contribution is 0.239. The highest BCUT2D eigenvalue weighted by molar-refractivity contribution is 6.35. The molecule has 0 radical (unpaired) electrons. The van der Waals surface area contributed by atoms with Crippen LogP contribution >= 0.6 is 34.8 Å². The molecule has 3 aromatic rings. The molecule has 0 saturated carbocycles. The molecule has 1 unspecified atom stereocenters. The standard InChI is InChI=1S/C21H24Cl3N5O/c1-12(2)30-19-13(8-14(22)9-16(19)23)10-25-15-4-3-7-29(11-15)21-26-17-5-6-18(24)27-20(17)28-21/h5-6,8-9,12,15,25H,3-4,7,10-11H2,1-2H3,(H,26,27,28). The van der Waals surface area contributed by atoms with Gasteiger partial charge in [0.05, 0.1) is 16.6 Å². The smallest absolute Gasteiger partial charge is 0.205 e. The van der Waals surface area contributed by atoms with E-state index in [0.29, 0.717) is 39.2 Å². The van der Waals surface area contributed by atoms with Crippen LogP contribution in [0.5, 0.6) is 5.75 Å². The Balaban J connectivity index is 1.45. The van der Waals surface area contributed by atoms with Crippen LogP contribution in [0.2, 0.25) is 15.2 Å². The minimum Gasteiger partial charge on any atom is -0.489 e. The number of piperidine rings is 1. The number of imidazole rings is 1. The topological polar surface area (TPSA) is 66.1 Å². The van der Waals surface area contributed by atoms with Gasteiger partial charge in [0.1, 0.15) is 10.9 Å². The van der Waals surface area contributed by atoms with Gasteiger partial charge in [0.25, 0.3) is 0 Å². The molecule has 0 bridgehead atoms. The molecule has 3 heterocycles. The molecule has 6 nitrogen and oxygen atoms in total. The summed E-state index contributed by atoms with van der Waals surface area (Å²) in [5.41, 5.74) is 2.48. The molecule has 0 spiro atoms. The number of hydrogen-bond acceptors (Lipinski definition) is 5. The van der Waals surface area contributed by atoms with Crippen molar-refractivity contribution in [1.29, 1.82) is 0 Å². The average Bonchev–Trinajstić information content (AvgIpc) is 3.12. The Morgan fingerprint density at radius 3 is 2.87 bits per heavy atom. The molecule has 1 aromatic carbocycles. The maximum absolute atomic E-state index is 6.38. The van der Waals surface area contributed by atoms with Gasteiger partial charge in [-0.2, -0.15) is 4.98 Å². The minimum absolute atomic E-state index is 0.0304. The highest BCUT2D eigenvalue weighted by atomic mass is 35.5. The monoisotopic (exact) mass is 467 g/mol. The van der Waals surface area contributed by atoms with Gasteiger partial charge >= 0.3 is 0 Å². The predicted octanol–water partition coefficient (Wildman–Crippen LogP) is 5.46. The van der Waals surface area contributed by atoms with Gasteiger partial charge in [-0.25, -0.2) is 4.98 Å². The number of H-pyrrole nitrogens is 1. The first-order valence-corrected chi connectivity index (χ1v) is 11.2. The van der Waals surface area contributed by atoms with Gasteiger partial charge in [-0.3, -0.25) is 0 Å². The molecular formula is C21H24Cl3N5O. The predicted molar refractivity (Wildman–Crippen MR) is 123 cm³/mol. The van der Waals surface area contributed by atoms with E-state index in [4.69, 9.17) is 39.5 Å². The lowest BCUT2D eigenvalue weighted by Crippen LogP contribution is -2.46. The molecule has 2 N–H and O–H groups in total. The molecule has 0 amide bonds. The van der Waals surface area contributed by atoms with Crippen molar-refractivity contribution in [2.75, 3.05) is 18.0 Å². The molecular weight excluding hydrogens is 445 g/mol. The quantitative estimate of drug-likeness (QED) is 0.470. The second kappa shape index (κ2) is 9.18. The first kappa shape index (κ1) is 21.5. The lowest BCUT2D eigenvalue weighted by Gasteiger charge is -2.33. The van der Waals surface area contributed by atoms with Crippen molar-refractivity contribution in [1.82, 2.24) is 20.3 Å². The number of nitrogens with zero attached hydrogens (tertiary/aromatic N) is 3. The number of fused-ring (bicyclic) bond motifs is 1. The largest absolute Gasteiger partial charge is 0.489 e. The van der Waals surface area contributed by atoms with Crippen molar-refractivity contribution in [2.24, 2.45) is 0 Å². The van der Waals surface area contributed by atoms with E-state index in [2.05, 4.69) is 25.2 Å². The van der Waals surface area contributed by atoms with Gasteiger partial charge in [-0.1, -0.05) is 34.8 Å². The van der Waals surface area contributed by atoms with E-state index in [9.17, 15) is 0 Å². The number of anilines is 1. The van der Waals surface area contributed by atoms with E-state index in [1.807, 2.05) is 26.0 Å². The third-order valence-corrected chi connectivity index (χ3v) is 5.75. The van der Waals surface area contributed by atoms with Crippen molar-refractivity contribution in [3.63, 3.8) is 0 Å². The molecule has 2 aromatic heterocycles. The molecule has 1 fully saturated rings. The van der Waals surface area contributed by atoms with E-state index in [0.717, 1.165) is 43.0 Å². The zero-order valence-electron chi connectivity index (χ0n) is 16.9. The Morgan fingerprint density at radius 2 is 2.07 bits per heavy atom. The normalized spacial score (nSPS) is 17.1. The Labute approximate surface area is 190 Å². The Kier molecular flexibility index (Phi) is 6.58. The van der Waals surface area contributed by atoms with Crippen molar-refractivity contribution in [3.05, 3.63) is 45.0 Å². The van der Waals surface area contributed by atoms with E-state index < -0.39 is 0 Å². The molecule has 1 saturated heterocycles. The van der Waals surface area contributed by atoms with Crippen LogP contribution in [0.1, 0.15) is 32.3 Å². The Hall–Kier alpha value is -1.73. The first-order chi connectivity index (χ1) is 14.4. The van der Waals surface area contributed by atoms with Crippen molar-refractivity contribution >= 4 is 51.9 Å². The number of pyridine rings is 1. The first-order valence-electron chi connectivity index (χ1n) is 10.0. The number of aromatic amines is 1. The zero-order valence-corrected chi connectivity index (χ0v) is 19.2. The van der Waals surface area contributed by atoms with Gasteiger partial charge in [0.2, 0.25) is 5.95 Å². The van der Waals surface area contributed by atoms with Gasteiger partial charge in [-0.05, 0) is 51.0 Å². The van der Waals surface area contributed by atoms with E-state index in [-0.39, 0.29) is 6.10 Å². The van der Waals surface area contributed by atoms with Crippen LogP contribution < -0.4 is 15.0 Å². The minimum atomic E-state index is 0.0304. The van der Waals surface area contributed by atoms with Crippen molar-refractivity contribution in [2.45, 2.75) is 45.4 Å². The fourth-order valence-electron chi connectivity index (χ4n) is 3.71. The maximum Gasteiger partial charge on any atom is 0.205 e. The summed E-state index contributed by atoms with van der Waals surface area (Å²) in [6.07, 6.45) is 2.17. The van der Waals surface area contributed by atoms with Crippen LogP contribution in [0, 0.1) is 0 Å².